The van der Waals surface area contributed by atoms with Gasteiger partial charge in [0.1, 0.15) is 6.33 Å². The van der Waals surface area contributed by atoms with Crippen LogP contribution in [0.5, 0.6) is 0 Å². The number of nitrogens with zero attached hydrogens (tertiary/aromatic N) is 3. The van der Waals surface area contributed by atoms with Crippen molar-refractivity contribution in [2.45, 2.75) is 23.9 Å². The minimum absolute atomic E-state index is 0.0663. The molecule has 1 unspecified atom stereocenters. The smallest absolute Gasteiger partial charge is 0.237 e. The highest BCUT2D eigenvalue weighted by Crippen LogP contribution is 2.23. The van der Waals surface area contributed by atoms with E-state index in [0.29, 0.717) is 11.7 Å². The summed E-state index contributed by atoms with van der Waals surface area (Å²) in [6.07, 6.45) is 3.41. The molecule has 0 saturated carbocycles. The van der Waals surface area contributed by atoms with Crippen molar-refractivity contribution in [1.82, 2.24) is 14.8 Å². The zero-order chi connectivity index (χ0) is 16.9. The molecule has 1 aromatic heterocycles. The summed E-state index contributed by atoms with van der Waals surface area (Å²) in [7, 11) is 0. The van der Waals surface area contributed by atoms with Gasteiger partial charge in [-0.05, 0) is 29.8 Å². The molecule has 6 heteroatoms. The summed E-state index contributed by atoms with van der Waals surface area (Å²) in [5.41, 5.74) is 0.790. The number of thioether (sulfide) groups is 1. The maximum atomic E-state index is 12.4. The quantitative estimate of drug-likeness (QED) is 0.549. The summed E-state index contributed by atoms with van der Waals surface area (Å²) >= 11 is 1.38. The van der Waals surface area contributed by atoms with Crippen molar-refractivity contribution in [2.24, 2.45) is 0 Å². The second kappa shape index (κ2) is 7.31. The second-order valence-electron chi connectivity index (χ2n) is 5.37. The van der Waals surface area contributed by atoms with Crippen LogP contribution in [0.4, 0.5) is 5.69 Å². The highest BCUT2D eigenvalue weighted by molar-refractivity contribution is 8.00. The lowest BCUT2D eigenvalue weighted by Crippen LogP contribution is -2.22. The van der Waals surface area contributed by atoms with Crippen LogP contribution in [0.3, 0.4) is 0 Å². The molecule has 0 aliphatic heterocycles. The summed E-state index contributed by atoms with van der Waals surface area (Å²) in [5.74, 6) is -0.0663. The van der Waals surface area contributed by atoms with Crippen LogP contribution in [0, 0.1) is 0 Å². The average molecular weight is 338 g/mol. The number of fused-ring (bicyclic) bond motifs is 1. The average Bonchev–Trinajstić information content (AvgIpc) is 3.02. The predicted octanol–water partition coefficient (Wildman–Crippen LogP) is 3.74. The van der Waals surface area contributed by atoms with E-state index < -0.39 is 0 Å². The lowest BCUT2D eigenvalue weighted by Gasteiger charge is -2.12. The van der Waals surface area contributed by atoms with Crippen LogP contribution in [0.25, 0.3) is 10.8 Å². The summed E-state index contributed by atoms with van der Waals surface area (Å²) in [6, 6.07) is 14.0. The van der Waals surface area contributed by atoms with E-state index in [-0.39, 0.29) is 11.2 Å². The standard InChI is InChI=1S/C18H18N4OS/c1-3-10-22-12-19-21-18(22)24-13(2)17(23)20-16-9-8-14-6-4-5-7-15(14)11-16/h3-9,11-13H,1,10H2,2H3,(H,20,23). The molecule has 3 rings (SSSR count). The fourth-order valence-electron chi connectivity index (χ4n) is 2.32. The maximum absolute atomic E-state index is 12.4. The van der Waals surface area contributed by atoms with Gasteiger partial charge in [-0.3, -0.25) is 4.79 Å². The first-order chi connectivity index (χ1) is 11.7. The van der Waals surface area contributed by atoms with E-state index in [2.05, 4.69) is 22.1 Å². The van der Waals surface area contributed by atoms with Crippen molar-refractivity contribution in [3.63, 3.8) is 0 Å². The number of anilines is 1. The maximum Gasteiger partial charge on any atom is 0.237 e. The largest absolute Gasteiger partial charge is 0.325 e. The van der Waals surface area contributed by atoms with Crippen LogP contribution in [0.1, 0.15) is 6.92 Å². The van der Waals surface area contributed by atoms with Gasteiger partial charge >= 0.3 is 0 Å². The Hall–Kier alpha value is -2.60. The minimum Gasteiger partial charge on any atom is -0.325 e. The molecule has 2 aromatic carbocycles. The number of aromatic nitrogens is 3. The zero-order valence-electron chi connectivity index (χ0n) is 13.3. The Bertz CT molecular complexity index is 874. The molecule has 5 nitrogen and oxygen atoms in total. The molecule has 0 saturated heterocycles. The van der Waals surface area contributed by atoms with E-state index in [0.717, 1.165) is 16.5 Å². The van der Waals surface area contributed by atoms with Crippen molar-refractivity contribution >= 4 is 34.1 Å². The Morgan fingerprint density at radius 2 is 2.12 bits per heavy atom. The Labute approximate surface area is 144 Å². The number of allylic oxidation sites excluding steroid dienone is 1. The molecule has 0 aliphatic rings. The molecular formula is C18H18N4OS. The van der Waals surface area contributed by atoms with Crippen molar-refractivity contribution in [3.05, 3.63) is 61.4 Å². The molecule has 1 amide bonds. The SMILES string of the molecule is C=CCn1cnnc1SC(C)C(=O)Nc1ccc2ccccc2c1. The van der Waals surface area contributed by atoms with Gasteiger partial charge < -0.3 is 9.88 Å². The summed E-state index contributed by atoms with van der Waals surface area (Å²) in [6.45, 7) is 6.18. The van der Waals surface area contributed by atoms with E-state index in [9.17, 15) is 4.79 Å². The van der Waals surface area contributed by atoms with E-state index in [1.807, 2.05) is 54.0 Å². The highest BCUT2D eigenvalue weighted by atomic mass is 32.2. The van der Waals surface area contributed by atoms with Crippen LogP contribution in [0.2, 0.25) is 0 Å². The van der Waals surface area contributed by atoms with E-state index >= 15 is 0 Å². The molecule has 0 fully saturated rings. The monoisotopic (exact) mass is 338 g/mol. The predicted molar refractivity (Wildman–Crippen MR) is 98.1 cm³/mol. The topological polar surface area (TPSA) is 59.8 Å². The third kappa shape index (κ3) is 3.65. The number of amides is 1. The van der Waals surface area contributed by atoms with Crippen LogP contribution < -0.4 is 5.32 Å². The first kappa shape index (κ1) is 16.3. The number of hydrogen-bond acceptors (Lipinski definition) is 4. The van der Waals surface area contributed by atoms with E-state index in [4.69, 9.17) is 0 Å². The molecular weight excluding hydrogens is 320 g/mol. The third-order valence-corrected chi connectivity index (χ3v) is 4.67. The number of nitrogens with one attached hydrogen (secondary N) is 1. The van der Waals surface area contributed by atoms with E-state index in [1.54, 1.807) is 12.4 Å². The van der Waals surface area contributed by atoms with Gasteiger partial charge in [0.05, 0.1) is 5.25 Å². The van der Waals surface area contributed by atoms with Crippen molar-refractivity contribution < 1.29 is 4.79 Å². The number of hydrogen-bond donors (Lipinski definition) is 1. The Kier molecular flexibility index (Phi) is 4.96. The molecule has 24 heavy (non-hydrogen) atoms. The molecule has 3 aromatic rings. The molecule has 0 aliphatic carbocycles. The van der Waals surface area contributed by atoms with Gasteiger partial charge in [0, 0.05) is 12.2 Å². The molecule has 0 spiro atoms. The lowest BCUT2D eigenvalue weighted by atomic mass is 10.1. The van der Waals surface area contributed by atoms with Crippen LogP contribution >= 0.6 is 11.8 Å². The molecule has 1 N–H and O–H groups in total. The van der Waals surface area contributed by atoms with Gasteiger partial charge in [-0.25, -0.2) is 0 Å². The van der Waals surface area contributed by atoms with Crippen LogP contribution in [-0.4, -0.2) is 25.9 Å². The summed E-state index contributed by atoms with van der Waals surface area (Å²) in [4.78, 5) is 12.4. The summed E-state index contributed by atoms with van der Waals surface area (Å²) < 4.78 is 1.86. The van der Waals surface area contributed by atoms with Crippen LogP contribution in [-0.2, 0) is 11.3 Å². The lowest BCUT2D eigenvalue weighted by molar-refractivity contribution is -0.115. The number of carbonyl (C=O) groups excluding carboxylic acids is 1. The Balaban J connectivity index is 1.68. The molecule has 122 valence electrons. The summed E-state index contributed by atoms with van der Waals surface area (Å²) in [5, 5.41) is 13.6. The Morgan fingerprint density at radius 1 is 1.33 bits per heavy atom. The third-order valence-electron chi connectivity index (χ3n) is 3.57. The van der Waals surface area contributed by atoms with Gasteiger partial charge in [0.15, 0.2) is 5.16 Å². The number of carbonyl (C=O) groups is 1. The fraction of sp³-hybridized carbons (Fsp3) is 0.167. The second-order valence-corrected chi connectivity index (χ2v) is 6.67. The molecule has 0 radical (unpaired) electrons. The number of benzene rings is 2. The minimum atomic E-state index is -0.288. The first-order valence-corrected chi connectivity index (χ1v) is 8.50. The zero-order valence-corrected chi connectivity index (χ0v) is 14.2. The van der Waals surface area contributed by atoms with Crippen molar-refractivity contribution in [3.8, 4) is 0 Å². The highest BCUT2D eigenvalue weighted by Gasteiger charge is 2.17. The normalized spacial score (nSPS) is 12.0. The van der Waals surface area contributed by atoms with Gasteiger partial charge in [0.25, 0.3) is 0 Å². The van der Waals surface area contributed by atoms with Crippen molar-refractivity contribution in [2.75, 3.05) is 5.32 Å². The Morgan fingerprint density at radius 3 is 2.92 bits per heavy atom. The number of rotatable bonds is 6. The van der Waals surface area contributed by atoms with Gasteiger partial charge in [-0.1, -0.05) is 48.2 Å². The molecule has 1 heterocycles. The first-order valence-electron chi connectivity index (χ1n) is 7.62. The van der Waals surface area contributed by atoms with E-state index in [1.165, 1.54) is 11.8 Å². The van der Waals surface area contributed by atoms with Gasteiger partial charge in [-0.15, -0.1) is 16.8 Å². The molecule has 0 bridgehead atoms. The molecule has 1 atom stereocenters. The fourth-order valence-corrected chi connectivity index (χ4v) is 3.16. The van der Waals surface area contributed by atoms with Gasteiger partial charge in [-0.2, -0.15) is 0 Å². The van der Waals surface area contributed by atoms with Gasteiger partial charge in [0.2, 0.25) is 5.91 Å². The van der Waals surface area contributed by atoms with Crippen LogP contribution in [0.15, 0.2) is 66.6 Å². The van der Waals surface area contributed by atoms with Crippen molar-refractivity contribution in [1.29, 1.82) is 0 Å².